The maximum atomic E-state index is 13.3. The first kappa shape index (κ1) is 27.3. The van der Waals surface area contributed by atoms with Crippen LogP contribution in [0.25, 0.3) is 10.9 Å². The van der Waals surface area contributed by atoms with Crippen LogP contribution in [0.1, 0.15) is 43.4 Å². The normalized spacial score (nSPS) is 16.0. The van der Waals surface area contributed by atoms with E-state index in [9.17, 15) is 9.59 Å². The van der Waals surface area contributed by atoms with Gasteiger partial charge >= 0.3 is 11.9 Å². The van der Waals surface area contributed by atoms with Crippen LogP contribution in [0.15, 0.2) is 66.9 Å². The number of aromatic amines is 1. The van der Waals surface area contributed by atoms with E-state index >= 15 is 0 Å². The number of cyclic esters (lactones) is 2. The monoisotopic (exact) mass is 659 g/mol. The number of carbonyl (C=O) groups is 2. The summed E-state index contributed by atoms with van der Waals surface area (Å²) in [5.74, 6) is -3.49. The fourth-order valence-corrected chi connectivity index (χ4v) is 5.81. The number of benzene rings is 3. The summed E-state index contributed by atoms with van der Waals surface area (Å²) in [6.07, 6.45) is 1.82. The molecule has 202 valence electrons. The standard InChI is InChI=1S/C30H27ClINO6/c1-4-36-24-14-18(13-22(32)27(24)37-16-17-9-5-7-11-21(17)31)25(20-15-33-23-12-8-6-10-19(20)23)26-28(34)38-30(2,3)39-29(26)35/h5-15,25-26,33H,4,16H2,1-3H3/t25-/m1/s1. The molecule has 9 heteroatoms. The molecule has 0 amide bonds. The van der Waals surface area contributed by atoms with E-state index in [-0.39, 0.29) is 6.61 Å². The van der Waals surface area contributed by atoms with Gasteiger partial charge in [0.05, 0.1) is 10.2 Å². The number of esters is 2. The third-order valence-electron chi connectivity index (χ3n) is 6.51. The quantitative estimate of drug-likeness (QED) is 0.125. The molecule has 1 fully saturated rings. The minimum atomic E-state index is -1.34. The molecule has 5 rings (SSSR count). The number of nitrogens with one attached hydrogen (secondary N) is 1. The molecule has 4 aromatic rings. The van der Waals surface area contributed by atoms with E-state index in [1.54, 1.807) is 13.8 Å². The fraction of sp³-hybridized carbons (Fsp3) is 0.267. The molecule has 39 heavy (non-hydrogen) atoms. The van der Waals surface area contributed by atoms with Crippen LogP contribution in [0, 0.1) is 9.49 Å². The van der Waals surface area contributed by atoms with Crippen LogP contribution in [0.5, 0.6) is 11.5 Å². The maximum Gasteiger partial charge on any atom is 0.324 e. The van der Waals surface area contributed by atoms with Gasteiger partial charge in [-0.25, -0.2) is 0 Å². The van der Waals surface area contributed by atoms with Crippen LogP contribution in [-0.4, -0.2) is 29.3 Å². The number of H-pyrrole nitrogens is 1. The molecule has 0 saturated carbocycles. The van der Waals surface area contributed by atoms with Gasteiger partial charge in [-0.2, -0.15) is 0 Å². The number of halogens is 2. The van der Waals surface area contributed by atoms with Crippen LogP contribution in [0.2, 0.25) is 5.02 Å². The van der Waals surface area contributed by atoms with E-state index in [1.165, 1.54) is 0 Å². The number of hydrogen-bond donors (Lipinski definition) is 1. The molecule has 1 aromatic heterocycles. The molecular formula is C30H27ClINO6. The smallest absolute Gasteiger partial charge is 0.324 e. The zero-order valence-corrected chi connectivity index (χ0v) is 24.5. The van der Waals surface area contributed by atoms with Gasteiger partial charge in [-0.3, -0.25) is 9.59 Å². The first-order valence-electron chi connectivity index (χ1n) is 12.5. The van der Waals surface area contributed by atoms with Crippen molar-refractivity contribution in [3.63, 3.8) is 0 Å². The second-order valence-electron chi connectivity index (χ2n) is 9.63. The summed E-state index contributed by atoms with van der Waals surface area (Å²) < 4.78 is 24.0. The number of para-hydroxylation sites is 1. The molecule has 7 nitrogen and oxygen atoms in total. The minimum absolute atomic E-state index is 0.247. The highest BCUT2D eigenvalue weighted by Crippen LogP contribution is 2.45. The SMILES string of the molecule is CCOc1cc([C@H](c2c[nH]c3ccccc23)C2C(=O)OC(C)(C)OC2=O)cc(I)c1OCc1ccccc1Cl. The first-order valence-corrected chi connectivity index (χ1v) is 14.0. The molecule has 3 aromatic carbocycles. The topological polar surface area (TPSA) is 86.9 Å². The summed E-state index contributed by atoms with van der Waals surface area (Å²) in [7, 11) is 0. The average Bonchev–Trinajstić information content (AvgIpc) is 3.30. The molecular weight excluding hydrogens is 633 g/mol. The molecule has 1 atom stereocenters. The van der Waals surface area contributed by atoms with E-state index in [0.717, 1.165) is 25.6 Å². The number of rotatable bonds is 8. The molecule has 0 aliphatic carbocycles. The zero-order valence-electron chi connectivity index (χ0n) is 21.6. The number of hydrogen-bond acceptors (Lipinski definition) is 6. The summed E-state index contributed by atoms with van der Waals surface area (Å²) in [6, 6.07) is 18.9. The highest BCUT2D eigenvalue weighted by molar-refractivity contribution is 14.1. The third kappa shape index (κ3) is 5.58. The summed E-state index contributed by atoms with van der Waals surface area (Å²) in [4.78, 5) is 29.9. The van der Waals surface area contributed by atoms with Gasteiger partial charge < -0.3 is 23.9 Å². The molecule has 1 saturated heterocycles. The predicted molar refractivity (Wildman–Crippen MR) is 156 cm³/mol. The number of ether oxygens (including phenoxy) is 4. The Labute approximate surface area is 244 Å². The van der Waals surface area contributed by atoms with Crippen molar-refractivity contribution in [3.05, 3.63) is 92.1 Å². The van der Waals surface area contributed by atoms with Crippen LogP contribution < -0.4 is 9.47 Å². The predicted octanol–water partition coefficient (Wildman–Crippen LogP) is 6.99. The minimum Gasteiger partial charge on any atom is -0.490 e. The van der Waals surface area contributed by atoms with Crippen LogP contribution >= 0.6 is 34.2 Å². The lowest BCUT2D eigenvalue weighted by atomic mass is 9.80. The summed E-state index contributed by atoms with van der Waals surface area (Å²) in [5, 5.41) is 1.50. The Morgan fingerprint density at radius 3 is 2.44 bits per heavy atom. The molecule has 0 bridgehead atoms. The third-order valence-corrected chi connectivity index (χ3v) is 7.68. The molecule has 0 radical (unpaired) electrons. The van der Waals surface area contributed by atoms with E-state index < -0.39 is 29.6 Å². The summed E-state index contributed by atoms with van der Waals surface area (Å²) in [5.41, 5.74) is 3.19. The van der Waals surface area contributed by atoms with Crippen LogP contribution in [-0.2, 0) is 25.7 Å². The first-order chi connectivity index (χ1) is 18.7. The maximum absolute atomic E-state index is 13.3. The highest BCUT2D eigenvalue weighted by Gasteiger charge is 2.49. The molecule has 2 heterocycles. The molecule has 1 aliphatic heterocycles. The number of aromatic nitrogens is 1. The Kier molecular flexibility index (Phi) is 7.77. The van der Waals surface area contributed by atoms with Crippen molar-refractivity contribution >= 4 is 57.0 Å². The van der Waals surface area contributed by atoms with Gasteiger partial charge in [0, 0.05) is 47.5 Å². The van der Waals surface area contributed by atoms with Gasteiger partial charge in [-0.15, -0.1) is 0 Å². The lowest BCUT2D eigenvalue weighted by molar-refractivity contribution is -0.240. The molecule has 0 unspecified atom stereocenters. The van der Waals surface area contributed by atoms with E-state index in [2.05, 4.69) is 27.6 Å². The Morgan fingerprint density at radius 1 is 1.03 bits per heavy atom. The summed E-state index contributed by atoms with van der Waals surface area (Å²) in [6.45, 7) is 5.60. The van der Waals surface area contributed by atoms with Gasteiger partial charge in [-0.1, -0.05) is 48.0 Å². The average molecular weight is 660 g/mol. The van der Waals surface area contributed by atoms with Gasteiger partial charge in [0.2, 0.25) is 0 Å². The highest BCUT2D eigenvalue weighted by atomic mass is 127. The van der Waals surface area contributed by atoms with E-state index in [4.69, 9.17) is 30.5 Å². The number of carbonyl (C=O) groups excluding carboxylic acids is 2. The van der Waals surface area contributed by atoms with Crippen molar-refractivity contribution in [2.45, 2.75) is 39.1 Å². The molecule has 0 spiro atoms. The largest absolute Gasteiger partial charge is 0.490 e. The Bertz CT molecular complexity index is 1530. The lowest BCUT2D eigenvalue weighted by Crippen LogP contribution is -2.48. The van der Waals surface area contributed by atoms with Gasteiger partial charge in [0.15, 0.2) is 17.4 Å². The Morgan fingerprint density at radius 2 is 1.72 bits per heavy atom. The Hall–Kier alpha value is -3.24. The second-order valence-corrected chi connectivity index (χ2v) is 11.2. The zero-order chi connectivity index (χ0) is 27.7. The lowest BCUT2D eigenvalue weighted by Gasteiger charge is -2.36. The van der Waals surface area contributed by atoms with E-state index in [0.29, 0.717) is 28.7 Å². The molecule has 1 aliphatic rings. The van der Waals surface area contributed by atoms with Crippen molar-refractivity contribution in [1.29, 1.82) is 0 Å². The van der Waals surface area contributed by atoms with Crippen LogP contribution in [0.4, 0.5) is 0 Å². The van der Waals surface area contributed by atoms with Crippen LogP contribution in [0.3, 0.4) is 0 Å². The van der Waals surface area contributed by atoms with Crippen molar-refractivity contribution in [3.8, 4) is 11.5 Å². The second kappa shape index (κ2) is 11.1. The Balaban J connectivity index is 1.61. The fourth-order valence-electron chi connectivity index (χ4n) is 4.84. The van der Waals surface area contributed by atoms with Crippen molar-refractivity contribution in [2.24, 2.45) is 5.92 Å². The van der Waals surface area contributed by atoms with Crippen molar-refractivity contribution in [1.82, 2.24) is 4.98 Å². The van der Waals surface area contributed by atoms with E-state index in [1.807, 2.05) is 73.8 Å². The van der Waals surface area contributed by atoms with Gasteiger partial charge in [-0.05, 0) is 64.9 Å². The number of fused-ring (bicyclic) bond motifs is 1. The summed E-state index contributed by atoms with van der Waals surface area (Å²) >= 11 is 8.51. The van der Waals surface area contributed by atoms with Gasteiger partial charge in [0.1, 0.15) is 6.61 Å². The van der Waals surface area contributed by atoms with Gasteiger partial charge in [0.25, 0.3) is 5.79 Å². The van der Waals surface area contributed by atoms with Crippen molar-refractivity contribution in [2.75, 3.05) is 6.61 Å². The molecule has 1 N–H and O–H groups in total. The van der Waals surface area contributed by atoms with Crippen molar-refractivity contribution < 1.29 is 28.5 Å².